The Kier molecular flexibility index (Phi) is 4.06. The predicted molar refractivity (Wildman–Crippen MR) is 107 cm³/mol. The molecule has 1 atom stereocenters. The van der Waals surface area contributed by atoms with Crippen LogP contribution >= 0.6 is 0 Å². The predicted octanol–water partition coefficient (Wildman–Crippen LogP) is 1.45. The number of aromatic nitrogens is 5. The number of ether oxygens (including phenoxy) is 1. The summed E-state index contributed by atoms with van der Waals surface area (Å²) in [5, 5.41) is 8.62. The van der Waals surface area contributed by atoms with E-state index in [0.717, 1.165) is 4.68 Å². The van der Waals surface area contributed by atoms with Gasteiger partial charge in [-0.1, -0.05) is 23.3 Å². The Morgan fingerprint density at radius 2 is 1.97 bits per heavy atom. The monoisotopic (exact) mass is 403 g/mol. The van der Waals surface area contributed by atoms with E-state index in [1.807, 2.05) is 0 Å². The Bertz CT molecular complexity index is 1480. The molecule has 0 saturated heterocycles. The van der Waals surface area contributed by atoms with E-state index in [2.05, 4.69) is 21.2 Å². The lowest BCUT2D eigenvalue weighted by atomic mass is 10.1. The van der Waals surface area contributed by atoms with Gasteiger partial charge < -0.3 is 4.74 Å². The molecule has 0 unspecified atom stereocenters. The number of benzene rings is 2. The van der Waals surface area contributed by atoms with Gasteiger partial charge in [0.1, 0.15) is 24.0 Å². The number of nitrogens with zero attached hydrogens (tertiary/aromatic N) is 5. The normalized spacial score (nSPS) is 13.7. The lowest BCUT2D eigenvalue weighted by Gasteiger charge is -2.13. The minimum atomic E-state index is -0.756. The summed E-state index contributed by atoms with van der Waals surface area (Å²) in [6.07, 6.45) is 5.84. The minimum Gasteiger partial charge on any atom is -0.463 e. The van der Waals surface area contributed by atoms with Gasteiger partial charge in [0, 0.05) is 6.42 Å². The molecule has 0 saturated carbocycles. The quantitative estimate of drug-likeness (QED) is 0.380. The van der Waals surface area contributed by atoms with Crippen molar-refractivity contribution < 1.29 is 9.13 Å². The smallest absolute Gasteiger partial charge is 0.299 e. The van der Waals surface area contributed by atoms with Crippen LogP contribution in [0.4, 0.5) is 4.39 Å². The largest absolute Gasteiger partial charge is 0.463 e. The molecular weight excluding hydrogens is 389 g/mol. The summed E-state index contributed by atoms with van der Waals surface area (Å²) in [5.41, 5.74) is 0.508. The third kappa shape index (κ3) is 2.81. The molecule has 30 heavy (non-hydrogen) atoms. The molecule has 9 heteroatoms. The second-order valence-corrected chi connectivity index (χ2v) is 6.94. The molecular formula is C21H14FN5O3. The van der Waals surface area contributed by atoms with E-state index in [1.165, 1.54) is 28.8 Å². The number of hydrogen-bond donors (Lipinski definition) is 0. The van der Waals surface area contributed by atoms with Crippen LogP contribution in [-0.4, -0.2) is 31.2 Å². The van der Waals surface area contributed by atoms with E-state index in [9.17, 15) is 14.0 Å². The van der Waals surface area contributed by atoms with Gasteiger partial charge in [0.2, 0.25) is 0 Å². The maximum absolute atomic E-state index is 13.5. The van der Waals surface area contributed by atoms with Crippen LogP contribution < -0.4 is 15.9 Å². The van der Waals surface area contributed by atoms with Gasteiger partial charge in [-0.3, -0.25) is 14.2 Å². The highest BCUT2D eigenvalue weighted by molar-refractivity contribution is 5.93. The summed E-state index contributed by atoms with van der Waals surface area (Å²) < 4.78 is 21.4. The lowest BCUT2D eigenvalue weighted by molar-refractivity contribution is 0.345. The molecule has 1 aliphatic heterocycles. The lowest BCUT2D eigenvalue weighted by Crippen LogP contribution is -2.29. The number of fused-ring (bicyclic) bond motifs is 3. The maximum Gasteiger partial charge on any atom is 0.299 e. The topological polar surface area (TPSA) is 91.9 Å². The van der Waals surface area contributed by atoms with Crippen molar-refractivity contribution in [2.45, 2.75) is 19.0 Å². The molecule has 5 rings (SSSR count). The van der Waals surface area contributed by atoms with Gasteiger partial charge in [0.25, 0.3) is 17.1 Å². The van der Waals surface area contributed by atoms with Crippen molar-refractivity contribution in [3.05, 3.63) is 68.5 Å². The third-order valence-electron chi connectivity index (χ3n) is 5.08. The summed E-state index contributed by atoms with van der Waals surface area (Å²) >= 11 is 0. The zero-order chi connectivity index (χ0) is 20.8. The number of rotatable bonds is 3. The summed E-state index contributed by atoms with van der Waals surface area (Å²) in [7, 11) is 0. The third-order valence-corrected chi connectivity index (χ3v) is 5.08. The molecule has 0 N–H and O–H groups in total. The van der Waals surface area contributed by atoms with Crippen LogP contribution in [0.5, 0.6) is 6.01 Å². The summed E-state index contributed by atoms with van der Waals surface area (Å²) in [5.74, 6) is 2.13. The molecule has 1 aliphatic rings. The van der Waals surface area contributed by atoms with Crippen molar-refractivity contribution in [1.82, 2.24) is 24.5 Å². The molecule has 0 fully saturated rings. The fraction of sp³-hybridized carbons (Fsp3) is 0.190. The SMILES string of the molecule is C#C[C@H](Cc1cccc(F)c1)n1nnc2cc3c(=O)n4c(nc3cc2c1=O)OCC4. The molecule has 0 bridgehead atoms. The first-order chi connectivity index (χ1) is 14.5. The van der Waals surface area contributed by atoms with Crippen molar-refractivity contribution in [2.24, 2.45) is 0 Å². The van der Waals surface area contributed by atoms with Gasteiger partial charge >= 0.3 is 0 Å². The molecule has 0 spiro atoms. The molecule has 2 aromatic heterocycles. The van der Waals surface area contributed by atoms with Gasteiger partial charge in [-0.05, 0) is 29.8 Å². The zero-order valence-electron chi connectivity index (χ0n) is 15.6. The molecule has 2 aromatic carbocycles. The number of terminal acetylenes is 1. The van der Waals surface area contributed by atoms with E-state index in [4.69, 9.17) is 11.2 Å². The van der Waals surface area contributed by atoms with Crippen molar-refractivity contribution in [3.8, 4) is 18.4 Å². The summed E-state index contributed by atoms with van der Waals surface area (Å²) in [4.78, 5) is 30.1. The molecule has 8 nitrogen and oxygen atoms in total. The second kappa shape index (κ2) is 6.77. The standard InChI is InChI=1S/C21H14FN5O3/c1-2-14(9-12-4-3-5-13(22)8-12)27-20(29)16-10-17-15(11-18(16)24-25-27)19(28)26-6-7-30-21(26)23-17/h1,3-5,8,10-11,14H,6-7,9H2/t14-/m1/s1. The average Bonchev–Trinajstić information content (AvgIpc) is 3.21. The van der Waals surface area contributed by atoms with E-state index >= 15 is 0 Å². The Balaban J connectivity index is 1.65. The van der Waals surface area contributed by atoms with Gasteiger partial charge in [-0.2, -0.15) is 9.67 Å². The molecule has 0 aliphatic carbocycles. The summed E-state index contributed by atoms with van der Waals surface area (Å²) in [6, 6.07) is 8.45. The molecule has 0 radical (unpaired) electrons. The second-order valence-electron chi connectivity index (χ2n) is 6.94. The highest BCUT2D eigenvalue weighted by Crippen LogP contribution is 2.20. The molecule has 0 amide bonds. The molecule has 4 aromatic rings. The van der Waals surface area contributed by atoms with Crippen LogP contribution in [0, 0.1) is 18.2 Å². The number of hydrogen-bond acceptors (Lipinski definition) is 6. The van der Waals surface area contributed by atoms with Gasteiger partial charge in [0.15, 0.2) is 0 Å². The number of halogens is 1. The van der Waals surface area contributed by atoms with Crippen LogP contribution in [0.1, 0.15) is 11.6 Å². The zero-order valence-corrected chi connectivity index (χ0v) is 15.6. The Labute approximate surface area is 168 Å². The first-order valence-corrected chi connectivity index (χ1v) is 9.22. The van der Waals surface area contributed by atoms with Crippen molar-refractivity contribution in [3.63, 3.8) is 0 Å². The van der Waals surface area contributed by atoms with Gasteiger partial charge in [-0.15, -0.1) is 11.5 Å². The van der Waals surface area contributed by atoms with Crippen LogP contribution in [0.2, 0.25) is 0 Å². The highest BCUT2D eigenvalue weighted by atomic mass is 19.1. The van der Waals surface area contributed by atoms with Gasteiger partial charge in [0.05, 0.1) is 22.8 Å². The van der Waals surface area contributed by atoms with Crippen LogP contribution in [0.25, 0.3) is 21.8 Å². The van der Waals surface area contributed by atoms with E-state index in [0.29, 0.717) is 29.6 Å². The minimum absolute atomic E-state index is 0.211. The Hall–Kier alpha value is -4.06. The Morgan fingerprint density at radius 1 is 1.17 bits per heavy atom. The van der Waals surface area contributed by atoms with Crippen molar-refractivity contribution in [1.29, 1.82) is 0 Å². The average molecular weight is 403 g/mol. The first-order valence-electron chi connectivity index (χ1n) is 9.22. The maximum atomic E-state index is 13.5. The van der Waals surface area contributed by atoms with Crippen LogP contribution in [0.3, 0.4) is 0 Å². The van der Waals surface area contributed by atoms with Crippen molar-refractivity contribution in [2.75, 3.05) is 6.61 Å². The van der Waals surface area contributed by atoms with Gasteiger partial charge in [-0.25, -0.2) is 4.39 Å². The van der Waals surface area contributed by atoms with Crippen LogP contribution in [-0.2, 0) is 13.0 Å². The van der Waals surface area contributed by atoms with E-state index in [1.54, 1.807) is 12.1 Å². The fourth-order valence-corrected chi connectivity index (χ4v) is 3.59. The summed E-state index contributed by atoms with van der Waals surface area (Å²) in [6.45, 7) is 0.793. The van der Waals surface area contributed by atoms with E-state index < -0.39 is 17.4 Å². The van der Waals surface area contributed by atoms with E-state index in [-0.39, 0.29) is 28.9 Å². The Morgan fingerprint density at radius 3 is 2.77 bits per heavy atom. The van der Waals surface area contributed by atoms with Crippen molar-refractivity contribution >= 4 is 21.8 Å². The molecule has 148 valence electrons. The van der Waals surface area contributed by atoms with Crippen LogP contribution in [0.15, 0.2) is 46.0 Å². The first kappa shape index (κ1) is 18.0. The fourth-order valence-electron chi connectivity index (χ4n) is 3.59. The highest BCUT2D eigenvalue weighted by Gasteiger charge is 2.20. The molecule has 3 heterocycles.